The minimum absolute atomic E-state index is 0.0466. The molecule has 0 bridgehead atoms. The number of thiophene rings is 1. The molecule has 18 heavy (non-hydrogen) atoms. The fourth-order valence-corrected chi connectivity index (χ4v) is 2.08. The molecule has 0 saturated heterocycles. The van der Waals surface area contributed by atoms with Crippen molar-refractivity contribution < 1.29 is 14.3 Å². The molecule has 0 radical (unpaired) electrons. The molecule has 0 aliphatic heterocycles. The smallest absolute Gasteiger partial charge is 0.348 e. The van der Waals surface area contributed by atoms with Gasteiger partial charge in [-0.15, -0.1) is 11.3 Å². The summed E-state index contributed by atoms with van der Waals surface area (Å²) in [4.78, 5) is 11.3. The maximum atomic E-state index is 11.3. The van der Waals surface area contributed by atoms with Crippen molar-refractivity contribution in [1.29, 1.82) is 5.26 Å². The minimum Gasteiger partial charge on any atom is -0.478 e. The molecule has 1 aromatic rings. The van der Waals surface area contributed by atoms with E-state index in [1.54, 1.807) is 6.07 Å². The Morgan fingerprint density at radius 2 is 2.17 bits per heavy atom. The molecule has 1 rings (SSSR count). The van der Waals surface area contributed by atoms with Gasteiger partial charge in [-0.25, -0.2) is 4.79 Å². The Hall–Kier alpha value is -1.80. The largest absolute Gasteiger partial charge is 0.478 e. The van der Waals surface area contributed by atoms with Crippen LogP contribution in [0.1, 0.15) is 26.3 Å². The maximum Gasteiger partial charge on any atom is 0.348 e. The molecule has 0 saturated carbocycles. The number of methoxy groups -OCH3 is 1. The highest BCUT2D eigenvalue weighted by Crippen LogP contribution is 2.31. The van der Waals surface area contributed by atoms with Crippen LogP contribution in [0.2, 0.25) is 0 Å². The van der Waals surface area contributed by atoms with Crippen LogP contribution in [0.25, 0.3) is 6.08 Å². The van der Waals surface area contributed by atoms with Crippen molar-refractivity contribution in [3.8, 4) is 11.1 Å². The Morgan fingerprint density at radius 3 is 2.67 bits per heavy atom. The Balaban J connectivity index is 3.05. The first-order chi connectivity index (χ1) is 8.37. The van der Waals surface area contributed by atoms with Crippen LogP contribution in [-0.4, -0.2) is 18.7 Å². The van der Waals surface area contributed by atoms with Crippen LogP contribution in [0.15, 0.2) is 17.0 Å². The van der Waals surface area contributed by atoms with Crippen LogP contribution in [-0.2, 0) is 9.53 Å². The van der Waals surface area contributed by atoms with Crippen molar-refractivity contribution in [3.05, 3.63) is 22.6 Å². The van der Waals surface area contributed by atoms with Gasteiger partial charge in [-0.2, -0.15) is 5.26 Å². The van der Waals surface area contributed by atoms with E-state index < -0.39 is 5.97 Å². The third kappa shape index (κ3) is 3.90. The molecule has 0 aliphatic rings. The molecular formula is C13H15NO3S. The molecule has 0 N–H and O–H groups in total. The third-order valence-corrected chi connectivity index (χ3v) is 2.69. The summed E-state index contributed by atoms with van der Waals surface area (Å²) >= 11 is 1.42. The lowest BCUT2D eigenvalue weighted by molar-refractivity contribution is -0.135. The summed E-state index contributed by atoms with van der Waals surface area (Å²) in [5.74, 6) is -0.648. The van der Waals surface area contributed by atoms with Crippen molar-refractivity contribution in [2.75, 3.05) is 7.11 Å². The molecule has 0 amide bonds. The van der Waals surface area contributed by atoms with Gasteiger partial charge < -0.3 is 9.47 Å². The number of carbonyl (C=O) groups is 1. The molecule has 0 aliphatic carbocycles. The van der Waals surface area contributed by atoms with E-state index in [4.69, 9.17) is 10.00 Å². The van der Waals surface area contributed by atoms with Gasteiger partial charge in [0, 0.05) is 5.56 Å². The third-order valence-electron chi connectivity index (χ3n) is 1.88. The fraction of sp³-hybridized carbons (Fsp3) is 0.385. The molecule has 0 fully saturated rings. The van der Waals surface area contributed by atoms with E-state index in [0.717, 1.165) is 0 Å². The first-order valence-electron chi connectivity index (χ1n) is 5.34. The Bertz CT molecular complexity index is 503. The van der Waals surface area contributed by atoms with Crippen LogP contribution in [0.5, 0.6) is 5.06 Å². The lowest BCUT2D eigenvalue weighted by Gasteiger charge is -2.20. The average Bonchev–Trinajstić information content (AvgIpc) is 2.69. The Morgan fingerprint density at radius 1 is 1.50 bits per heavy atom. The highest BCUT2D eigenvalue weighted by Gasteiger charge is 2.16. The van der Waals surface area contributed by atoms with Crippen molar-refractivity contribution in [1.82, 2.24) is 0 Å². The molecule has 96 valence electrons. The summed E-state index contributed by atoms with van der Waals surface area (Å²) in [6.45, 7) is 5.81. The number of ether oxygens (including phenoxy) is 2. The van der Waals surface area contributed by atoms with Crippen LogP contribution < -0.4 is 4.74 Å². The quantitative estimate of drug-likeness (QED) is 0.479. The standard InChI is InChI=1S/C13H15NO3S/c1-13(2,3)17-12-9(5-6-18-12)7-10(8-14)11(15)16-4/h5-7H,1-4H3/b10-7-. The van der Waals surface area contributed by atoms with E-state index in [2.05, 4.69) is 4.74 Å². The number of hydrogen-bond acceptors (Lipinski definition) is 5. The van der Waals surface area contributed by atoms with E-state index in [1.165, 1.54) is 24.5 Å². The predicted octanol–water partition coefficient (Wildman–Crippen LogP) is 3.01. The van der Waals surface area contributed by atoms with Gasteiger partial charge in [-0.05, 0) is 38.3 Å². The van der Waals surface area contributed by atoms with Gasteiger partial charge in [-0.3, -0.25) is 0 Å². The average molecular weight is 265 g/mol. The van der Waals surface area contributed by atoms with Gasteiger partial charge in [0.2, 0.25) is 0 Å². The van der Waals surface area contributed by atoms with E-state index >= 15 is 0 Å². The predicted molar refractivity (Wildman–Crippen MR) is 70.3 cm³/mol. The number of esters is 1. The van der Waals surface area contributed by atoms with Crippen molar-refractivity contribution in [3.63, 3.8) is 0 Å². The highest BCUT2D eigenvalue weighted by atomic mass is 32.1. The van der Waals surface area contributed by atoms with E-state index in [-0.39, 0.29) is 11.2 Å². The zero-order valence-corrected chi connectivity index (χ0v) is 11.6. The lowest BCUT2D eigenvalue weighted by Crippen LogP contribution is -2.22. The van der Waals surface area contributed by atoms with Crippen LogP contribution in [0.3, 0.4) is 0 Å². The molecule has 5 heteroatoms. The highest BCUT2D eigenvalue weighted by molar-refractivity contribution is 7.12. The van der Waals surface area contributed by atoms with E-state index in [0.29, 0.717) is 10.6 Å². The lowest BCUT2D eigenvalue weighted by atomic mass is 10.2. The van der Waals surface area contributed by atoms with Gasteiger partial charge >= 0.3 is 5.97 Å². The summed E-state index contributed by atoms with van der Waals surface area (Å²) in [7, 11) is 1.24. The fourth-order valence-electron chi connectivity index (χ4n) is 1.18. The first kappa shape index (κ1) is 14.3. The number of hydrogen-bond donors (Lipinski definition) is 0. The molecule has 0 spiro atoms. The minimum atomic E-state index is -0.648. The molecule has 0 atom stereocenters. The monoisotopic (exact) mass is 265 g/mol. The van der Waals surface area contributed by atoms with Crippen molar-refractivity contribution >= 4 is 23.4 Å². The van der Waals surface area contributed by atoms with Gasteiger partial charge in [0.1, 0.15) is 17.2 Å². The summed E-state index contributed by atoms with van der Waals surface area (Å²) < 4.78 is 10.3. The number of nitrogens with zero attached hydrogens (tertiary/aromatic N) is 1. The normalized spacial score (nSPS) is 11.8. The van der Waals surface area contributed by atoms with E-state index in [9.17, 15) is 4.79 Å². The second-order valence-electron chi connectivity index (χ2n) is 4.54. The number of rotatable bonds is 3. The summed E-state index contributed by atoms with van der Waals surface area (Å²) in [6, 6.07) is 3.61. The van der Waals surface area contributed by atoms with Crippen LogP contribution in [0.4, 0.5) is 0 Å². The molecule has 4 nitrogen and oxygen atoms in total. The summed E-state index contributed by atoms with van der Waals surface area (Å²) in [6.07, 6.45) is 1.48. The Kier molecular flexibility index (Phi) is 4.51. The summed E-state index contributed by atoms with van der Waals surface area (Å²) in [5.41, 5.74) is 0.331. The second-order valence-corrected chi connectivity index (χ2v) is 5.42. The first-order valence-corrected chi connectivity index (χ1v) is 6.22. The van der Waals surface area contributed by atoms with Crippen LogP contribution >= 0.6 is 11.3 Å². The number of carbonyl (C=O) groups excluding carboxylic acids is 1. The second kappa shape index (κ2) is 5.69. The van der Waals surface area contributed by atoms with Crippen molar-refractivity contribution in [2.45, 2.75) is 26.4 Å². The topological polar surface area (TPSA) is 59.3 Å². The Labute approximate surface area is 110 Å². The molecular weight excluding hydrogens is 250 g/mol. The van der Waals surface area contributed by atoms with Gasteiger partial charge in [-0.1, -0.05) is 0 Å². The molecule has 1 heterocycles. The van der Waals surface area contributed by atoms with Gasteiger partial charge in [0.05, 0.1) is 7.11 Å². The van der Waals surface area contributed by atoms with Gasteiger partial charge in [0.25, 0.3) is 0 Å². The molecule has 1 aromatic heterocycles. The summed E-state index contributed by atoms with van der Waals surface area (Å²) in [5, 5.41) is 11.4. The zero-order chi connectivity index (χ0) is 13.8. The maximum absolute atomic E-state index is 11.3. The van der Waals surface area contributed by atoms with Gasteiger partial charge in [0.15, 0.2) is 5.06 Å². The SMILES string of the molecule is COC(=O)/C(C#N)=C\c1ccsc1OC(C)(C)C. The molecule has 0 aromatic carbocycles. The van der Waals surface area contributed by atoms with Crippen molar-refractivity contribution in [2.24, 2.45) is 0 Å². The van der Waals surface area contributed by atoms with Crippen LogP contribution in [0, 0.1) is 11.3 Å². The zero-order valence-electron chi connectivity index (χ0n) is 10.8. The number of nitriles is 1. The van der Waals surface area contributed by atoms with E-state index in [1.807, 2.05) is 32.2 Å². The molecule has 0 unspecified atom stereocenters.